The Balaban J connectivity index is 3.42. The number of aliphatic hydroxyl groups excluding tert-OH is 1. The molecule has 0 aliphatic carbocycles. The molecule has 0 saturated carbocycles. The first-order chi connectivity index (χ1) is 28.2. The van der Waals surface area contributed by atoms with Gasteiger partial charge in [0, 0.05) is 13.0 Å². The molecule has 1 N–H and O–H groups in total. The number of aliphatic hydroxyl groups is 1. The molecule has 0 fully saturated rings. The van der Waals surface area contributed by atoms with Crippen molar-refractivity contribution in [2.75, 3.05) is 19.8 Å². The van der Waals surface area contributed by atoms with Crippen molar-refractivity contribution in [2.45, 2.75) is 251 Å². The average molecular weight is 797 g/mol. The average Bonchev–Trinajstić information content (AvgIpc) is 3.22. The van der Waals surface area contributed by atoms with E-state index in [-0.39, 0.29) is 19.2 Å². The summed E-state index contributed by atoms with van der Waals surface area (Å²) in [7, 11) is 0. The fourth-order valence-electron chi connectivity index (χ4n) is 7.14. The lowest BCUT2D eigenvalue weighted by Crippen LogP contribution is -2.27. The molecule has 0 heterocycles. The van der Waals surface area contributed by atoms with Gasteiger partial charge in [0.05, 0.1) is 13.2 Å². The summed E-state index contributed by atoms with van der Waals surface area (Å²) in [5.41, 5.74) is 0. The van der Waals surface area contributed by atoms with E-state index in [1.54, 1.807) is 0 Å². The fourth-order valence-corrected chi connectivity index (χ4v) is 7.14. The van der Waals surface area contributed by atoms with Crippen LogP contribution in [0.4, 0.5) is 0 Å². The van der Waals surface area contributed by atoms with Crippen LogP contribution in [-0.4, -0.2) is 37.0 Å². The molecule has 0 aromatic rings. The monoisotopic (exact) mass is 797 g/mol. The first kappa shape index (κ1) is 55.1. The number of ether oxygens (including phenoxy) is 2. The Morgan fingerprint density at radius 2 is 0.789 bits per heavy atom. The van der Waals surface area contributed by atoms with Gasteiger partial charge < -0.3 is 14.6 Å². The highest BCUT2D eigenvalue weighted by atomic mass is 16.6. The molecule has 4 heteroatoms. The minimum Gasteiger partial charge on any atom is -0.457 e. The van der Waals surface area contributed by atoms with Gasteiger partial charge in [-0.15, -0.1) is 0 Å². The lowest BCUT2D eigenvalue weighted by molar-refractivity contribution is -0.154. The van der Waals surface area contributed by atoms with E-state index >= 15 is 0 Å². The quantitative estimate of drug-likeness (QED) is 0.0379. The van der Waals surface area contributed by atoms with Crippen molar-refractivity contribution < 1.29 is 19.4 Å². The Hall–Kier alpha value is -1.91. The van der Waals surface area contributed by atoms with Crippen LogP contribution in [0.25, 0.3) is 0 Å². The molecule has 0 amide bonds. The normalized spacial score (nSPS) is 12.8. The highest BCUT2D eigenvalue weighted by Crippen LogP contribution is 2.15. The van der Waals surface area contributed by atoms with E-state index in [1.807, 2.05) is 0 Å². The van der Waals surface area contributed by atoms with Crippen molar-refractivity contribution in [1.29, 1.82) is 0 Å². The molecule has 0 aromatic heterocycles. The maximum atomic E-state index is 12.3. The molecule has 0 aliphatic rings. The second-order valence-electron chi connectivity index (χ2n) is 16.5. The van der Waals surface area contributed by atoms with E-state index in [4.69, 9.17) is 9.47 Å². The Kier molecular flexibility index (Phi) is 48.6. The predicted molar refractivity (Wildman–Crippen MR) is 251 cm³/mol. The van der Waals surface area contributed by atoms with E-state index in [9.17, 15) is 9.90 Å². The fraction of sp³-hybridized carbons (Fsp3) is 0.792. The Bertz CT molecular complexity index is 931. The van der Waals surface area contributed by atoms with Crippen LogP contribution >= 0.6 is 0 Å². The smallest absolute Gasteiger partial charge is 0.306 e. The lowest BCUT2D eigenvalue weighted by atomic mass is 10.0. The van der Waals surface area contributed by atoms with Gasteiger partial charge in [-0.05, 0) is 77.0 Å². The zero-order chi connectivity index (χ0) is 41.2. The summed E-state index contributed by atoms with van der Waals surface area (Å²) in [5.74, 6) is -0.204. The predicted octanol–water partition coefficient (Wildman–Crippen LogP) is 16.8. The van der Waals surface area contributed by atoms with Crippen LogP contribution in [0.1, 0.15) is 245 Å². The van der Waals surface area contributed by atoms with Gasteiger partial charge in [0.1, 0.15) is 6.10 Å². The highest BCUT2D eigenvalue weighted by Gasteiger charge is 2.13. The van der Waals surface area contributed by atoms with Gasteiger partial charge in [0.2, 0.25) is 0 Å². The molecule has 0 aromatic carbocycles. The number of allylic oxidation sites excluding steroid dienone is 10. The lowest BCUT2D eigenvalue weighted by Gasteiger charge is -2.16. The Morgan fingerprint density at radius 3 is 1.21 bits per heavy atom. The maximum Gasteiger partial charge on any atom is 0.306 e. The molecular formula is C53H96O4. The van der Waals surface area contributed by atoms with Crippen molar-refractivity contribution in [1.82, 2.24) is 0 Å². The number of hydrogen-bond donors (Lipinski definition) is 1. The van der Waals surface area contributed by atoms with Gasteiger partial charge in [-0.3, -0.25) is 4.79 Å². The summed E-state index contributed by atoms with van der Waals surface area (Å²) in [5, 5.41) is 9.64. The Morgan fingerprint density at radius 1 is 0.439 bits per heavy atom. The van der Waals surface area contributed by atoms with Gasteiger partial charge in [-0.1, -0.05) is 222 Å². The largest absolute Gasteiger partial charge is 0.457 e. The van der Waals surface area contributed by atoms with Crippen LogP contribution in [0, 0.1) is 0 Å². The first-order valence-electron chi connectivity index (χ1n) is 24.9. The molecule has 0 radical (unpaired) electrons. The second-order valence-corrected chi connectivity index (χ2v) is 16.5. The molecule has 1 atom stereocenters. The van der Waals surface area contributed by atoms with E-state index in [2.05, 4.69) is 74.6 Å². The number of unbranched alkanes of at least 4 members (excludes halogenated alkanes) is 28. The zero-order valence-electron chi connectivity index (χ0n) is 38.1. The summed E-state index contributed by atoms with van der Waals surface area (Å²) < 4.78 is 11.2. The summed E-state index contributed by atoms with van der Waals surface area (Å²) in [4.78, 5) is 12.3. The van der Waals surface area contributed by atoms with Gasteiger partial charge in [-0.2, -0.15) is 0 Å². The zero-order valence-corrected chi connectivity index (χ0v) is 38.1. The topological polar surface area (TPSA) is 55.8 Å². The highest BCUT2D eigenvalue weighted by molar-refractivity contribution is 5.69. The van der Waals surface area contributed by atoms with Crippen molar-refractivity contribution in [3.05, 3.63) is 60.8 Å². The van der Waals surface area contributed by atoms with E-state index in [1.165, 1.54) is 180 Å². The van der Waals surface area contributed by atoms with Gasteiger partial charge in [0.25, 0.3) is 0 Å². The van der Waals surface area contributed by atoms with Crippen molar-refractivity contribution >= 4 is 5.97 Å². The summed E-state index contributed by atoms with van der Waals surface area (Å²) in [6.45, 7) is 5.23. The third-order valence-electron chi connectivity index (χ3n) is 10.8. The minimum absolute atomic E-state index is 0.177. The van der Waals surface area contributed by atoms with Gasteiger partial charge in [0.15, 0.2) is 0 Å². The summed E-state index contributed by atoms with van der Waals surface area (Å²) >= 11 is 0. The molecule has 1 unspecified atom stereocenters. The van der Waals surface area contributed by atoms with E-state index < -0.39 is 6.10 Å². The molecule has 57 heavy (non-hydrogen) atoms. The minimum atomic E-state index is -0.543. The van der Waals surface area contributed by atoms with Crippen LogP contribution in [0.15, 0.2) is 60.8 Å². The van der Waals surface area contributed by atoms with Crippen molar-refractivity contribution in [3.63, 3.8) is 0 Å². The van der Waals surface area contributed by atoms with Crippen LogP contribution in [0.3, 0.4) is 0 Å². The summed E-state index contributed by atoms with van der Waals surface area (Å²) in [6.07, 6.45) is 67.4. The number of hydrogen-bond acceptors (Lipinski definition) is 4. The Labute approximate surface area is 355 Å². The molecule has 0 rings (SSSR count). The van der Waals surface area contributed by atoms with Crippen LogP contribution in [-0.2, 0) is 14.3 Å². The molecule has 0 aliphatic heterocycles. The SMILES string of the molecule is CC/C=C\C/C=C\C/C=C\C/C=C\CCCCCCCCCOCC(CO)OC(=O)CCCCCCCCCCCCCCC/C=C\CCCCCCCCCC. The first-order valence-corrected chi connectivity index (χ1v) is 24.9. The van der Waals surface area contributed by atoms with Gasteiger partial charge in [-0.25, -0.2) is 0 Å². The third kappa shape index (κ3) is 48.4. The van der Waals surface area contributed by atoms with E-state index in [0.29, 0.717) is 13.0 Å². The van der Waals surface area contributed by atoms with Crippen LogP contribution in [0.5, 0.6) is 0 Å². The van der Waals surface area contributed by atoms with E-state index in [0.717, 1.165) is 44.9 Å². The molecule has 0 saturated heterocycles. The number of carbonyl (C=O) groups is 1. The van der Waals surface area contributed by atoms with Gasteiger partial charge >= 0.3 is 5.97 Å². The number of carbonyl (C=O) groups excluding carboxylic acids is 1. The van der Waals surface area contributed by atoms with Crippen LogP contribution in [0.2, 0.25) is 0 Å². The third-order valence-corrected chi connectivity index (χ3v) is 10.8. The van der Waals surface area contributed by atoms with Crippen LogP contribution < -0.4 is 0 Å². The van der Waals surface area contributed by atoms with Crippen molar-refractivity contribution in [2.24, 2.45) is 0 Å². The second kappa shape index (κ2) is 50.2. The maximum absolute atomic E-state index is 12.3. The molecular weight excluding hydrogens is 701 g/mol. The molecule has 0 spiro atoms. The standard InChI is InChI=1S/C53H96O4/c1-3-5-7-9-11-13-15-17-19-21-23-25-26-27-28-29-30-32-34-36-38-40-42-44-46-48-53(55)57-52(50-54)51-56-49-47-45-43-41-39-37-35-33-31-24-22-20-18-16-14-12-10-8-6-4-2/h6,8,12,14,18,20-21,23-24,31,52,54H,3-5,7,9-11,13,15-17,19,22,25-30,32-51H2,1-2H3/b8-6-,14-12-,20-18-,23-21-,31-24-. The summed E-state index contributed by atoms with van der Waals surface area (Å²) in [6, 6.07) is 0. The number of rotatable bonds is 46. The molecule has 0 bridgehead atoms. The molecule has 332 valence electrons. The molecule has 4 nitrogen and oxygen atoms in total. The number of esters is 1. The van der Waals surface area contributed by atoms with Crippen molar-refractivity contribution in [3.8, 4) is 0 Å².